The summed E-state index contributed by atoms with van der Waals surface area (Å²) in [7, 11) is 0. The SMILES string of the molecule is C=CCCC(=O)N[C@H](C)[C@@H](OC(=O)[C@H]1[C@@H]2O[C@@]3(CC2Br)[C@@H]1C(=O)N(CCCCCCO)[C@@H]3C(=O)N(CC=C)C(C)CCC)c1ccccc1. The van der Waals surface area contributed by atoms with Crippen LogP contribution in [-0.4, -0.2) is 93.0 Å². The van der Waals surface area contributed by atoms with Crippen molar-refractivity contribution in [3.8, 4) is 0 Å². The summed E-state index contributed by atoms with van der Waals surface area (Å²) in [6.45, 7) is 14.2. The molecule has 4 rings (SSSR count). The Morgan fingerprint density at radius 3 is 2.53 bits per heavy atom. The van der Waals surface area contributed by atoms with Gasteiger partial charge in [0.1, 0.15) is 17.7 Å². The third kappa shape index (κ3) is 8.31. The van der Waals surface area contributed by atoms with E-state index in [1.54, 1.807) is 28.9 Å². The zero-order valence-electron chi connectivity index (χ0n) is 29.2. The third-order valence-electron chi connectivity index (χ3n) is 10.2. The molecule has 270 valence electrons. The molecule has 3 aliphatic heterocycles. The molecule has 1 aromatic carbocycles. The van der Waals surface area contributed by atoms with Crippen molar-refractivity contribution >= 4 is 39.6 Å². The minimum Gasteiger partial charge on any atom is -0.455 e. The molecule has 0 aromatic heterocycles. The van der Waals surface area contributed by atoms with Crippen LogP contribution < -0.4 is 5.32 Å². The molecule has 10 nitrogen and oxygen atoms in total. The Morgan fingerprint density at radius 1 is 1.16 bits per heavy atom. The molecule has 3 fully saturated rings. The van der Waals surface area contributed by atoms with E-state index in [0.29, 0.717) is 44.3 Å². The third-order valence-corrected chi connectivity index (χ3v) is 11.1. The maximum Gasteiger partial charge on any atom is 0.313 e. The lowest BCUT2D eigenvalue weighted by atomic mass is 9.70. The van der Waals surface area contributed by atoms with Crippen molar-refractivity contribution in [2.45, 2.75) is 119 Å². The lowest BCUT2D eigenvalue weighted by Crippen LogP contribution is -2.58. The lowest BCUT2D eigenvalue weighted by Gasteiger charge is -2.39. The average molecular weight is 745 g/mol. The summed E-state index contributed by atoms with van der Waals surface area (Å²) < 4.78 is 13.0. The number of nitrogens with zero attached hydrogens (tertiary/aromatic N) is 2. The van der Waals surface area contributed by atoms with Crippen LogP contribution >= 0.6 is 15.9 Å². The number of nitrogens with one attached hydrogen (secondary N) is 1. The van der Waals surface area contributed by atoms with Crippen molar-refractivity contribution in [2.24, 2.45) is 11.8 Å². The van der Waals surface area contributed by atoms with E-state index in [1.807, 2.05) is 37.3 Å². The molecule has 3 aliphatic rings. The van der Waals surface area contributed by atoms with E-state index in [2.05, 4.69) is 41.3 Å². The van der Waals surface area contributed by atoms with Gasteiger partial charge in [0.2, 0.25) is 17.7 Å². The highest BCUT2D eigenvalue weighted by atomic mass is 79.9. The van der Waals surface area contributed by atoms with Gasteiger partial charge in [0.15, 0.2) is 0 Å². The van der Waals surface area contributed by atoms with Gasteiger partial charge in [-0.1, -0.05) is 84.6 Å². The van der Waals surface area contributed by atoms with Crippen molar-refractivity contribution in [1.29, 1.82) is 0 Å². The fourth-order valence-electron chi connectivity index (χ4n) is 7.96. The number of fused-ring (bicyclic) bond motifs is 1. The molecule has 49 heavy (non-hydrogen) atoms. The summed E-state index contributed by atoms with van der Waals surface area (Å²) >= 11 is 3.76. The Labute approximate surface area is 299 Å². The number of rotatable bonds is 20. The van der Waals surface area contributed by atoms with Gasteiger partial charge in [0.05, 0.1) is 24.0 Å². The molecule has 0 saturated carbocycles. The quantitative estimate of drug-likeness (QED) is 0.0810. The van der Waals surface area contributed by atoms with Gasteiger partial charge < -0.3 is 29.7 Å². The number of ether oxygens (including phenoxy) is 2. The van der Waals surface area contributed by atoms with E-state index in [9.17, 15) is 24.3 Å². The van der Waals surface area contributed by atoms with Crippen LogP contribution in [0.3, 0.4) is 0 Å². The maximum atomic E-state index is 14.7. The first-order valence-electron chi connectivity index (χ1n) is 17.9. The monoisotopic (exact) mass is 743 g/mol. The number of esters is 1. The van der Waals surface area contributed by atoms with E-state index in [0.717, 1.165) is 25.7 Å². The van der Waals surface area contributed by atoms with Gasteiger partial charge in [-0.3, -0.25) is 19.2 Å². The van der Waals surface area contributed by atoms with Crippen molar-refractivity contribution in [3.05, 3.63) is 61.2 Å². The fraction of sp³-hybridized carbons (Fsp3) is 0.632. The molecule has 2 N–H and O–H groups in total. The summed E-state index contributed by atoms with van der Waals surface area (Å²) in [6.07, 6.45) is 7.68. The minimum absolute atomic E-state index is 0.0820. The van der Waals surface area contributed by atoms with E-state index < -0.39 is 47.7 Å². The highest BCUT2D eigenvalue weighted by Gasteiger charge is 2.77. The first-order valence-corrected chi connectivity index (χ1v) is 18.8. The fourth-order valence-corrected chi connectivity index (χ4v) is 8.91. The number of allylic oxidation sites excluding steroid dienone is 1. The van der Waals surface area contributed by atoms with Gasteiger partial charge in [0.25, 0.3) is 0 Å². The van der Waals surface area contributed by atoms with Gasteiger partial charge in [0, 0.05) is 37.0 Å². The van der Waals surface area contributed by atoms with Crippen molar-refractivity contribution in [2.75, 3.05) is 19.7 Å². The smallest absolute Gasteiger partial charge is 0.313 e. The molecular weight excluding hydrogens is 690 g/mol. The second kappa shape index (κ2) is 17.8. The van der Waals surface area contributed by atoms with Crippen molar-refractivity contribution in [1.82, 2.24) is 15.1 Å². The predicted molar refractivity (Wildman–Crippen MR) is 192 cm³/mol. The Kier molecular flexibility index (Phi) is 14.1. The van der Waals surface area contributed by atoms with Gasteiger partial charge in [-0.2, -0.15) is 0 Å². The molecule has 1 spiro atoms. The zero-order valence-corrected chi connectivity index (χ0v) is 30.8. The van der Waals surface area contributed by atoms with Crippen LogP contribution in [0, 0.1) is 11.8 Å². The van der Waals surface area contributed by atoms with Crippen LogP contribution in [0.5, 0.6) is 0 Å². The normalized spacial score (nSPS) is 27.2. The Hall–Kier alpha value is -3.02. The highest BCUT2D eigenvalue weighted by Crippen LogP contribution is 2.60. The Bertz CT molecular complexity index is 1330. The zero-order chi connectivity index (χ0) is 35.7. The molecule has 0 aliphatic carbocycles. The molecule has 3 amide bonds. The molecule has 2 unspecified atom stereocenters. The van der Waals surface area contributed by atoms with Crippen LogP contribution in [0.2, 0.25) is 0 Å². The Morgan fingerprint density at radius 2 is 1.88 bits per heavy atom. The number of aliphatic hydroxyl groups is 1. The summed E-state index contributed by atoms with van der Waals surface area (Å²) in [5, 5.41) is 12.2. The summed E-state index contributed by atoms with van der Waals surface area (Å²) in [5.74, 6) is -3.08. The van der Waals surface area contributed by atoms with Gasteiger partial charge in [-0.05, 0) is 51.5 Å². The molecule has 3 heterocycles. The number of aliphatic hydroxyl groups excluding tert-OH is 1. The van der Waals surface area contributed by atoms with Crippen LogP contribution in [-0.2, 0) is 28.7 Å². The number of benzene rings is 1. The maximum absolute atomic E-state index is 14.7. The number of likely N-dealkylation sites (tertiary alicyclic amines) is 1. The standard InChI is InChI=1S/C38H54BrN3O7/c1-6-9-20-29(44)40-26(5)32(27-18-13-12-14-19-27)48-37(47)30-31-35(45)42(22-15-10-11-16-23-43)34(38(31)24-28(39)33(30)49-38)36(46)41(21-8-3)25(4)17-7-2/h6,8,12-14,18-19,25-26,28,30-34,43H,1,3,7,9-11,15-17,20-24H2,2,4-5H3,(H,40,44)/t25?,26-,28?,30-,31+,32-,33-,34-,38+/m1/s1. The number of alkyl halides is 1. The second-order valence-corrected chi connectivity index (χ2v) is 14.9. The number of carbonyl (C=O) groups excluding carboxylic acids is 4. The number of halogens is 1. The van der Waals surface area contributed by atoms with E-state index in [1.165, 1.54) is 0 Å². The topological polar surface area (TPSA) is 125 Å². The van der Waals surface area contributed by atoms with Crippen LogP contribution in [0.15, 0.2) is 55.6 Å². The van der Waals surface area contributed by atoms with E-state index in [-0.39, 0.29) is 41.6 Å². The number of unbranched alkanes of at least 4 members (excludes halogenated alkanes) is 3. The van der Waals surface area contributed by atoms with Gasteiger partial charge >= 0.3 is 5.97 Å². The molecule has 3 saturated heterocycles. The van der Waals surface area contributed by atoms with Crippen LogP contribution in [0.4, 0.5) is 0 Å². The first-order chi connectivity index (χ1) is 23.6. The van der Waals surface area contributed by atoms with Crippen molar-refractivity contribution in [3.63, 3.8) is 0 Å². The van der Waals surface area contributed by atoms with Crippen LogP contribution in [0.1, 0.15) is 90.2 Å². The molecule has 0 radical (unpaired) electrons. The molecule has 1 aromatic rings. The summed E-state index contributed by atoms with van der Waals surface area (Å²) in [6, 6.07) is 7.69. The highest BCUT2D eigenvalue weighted by molar-refractivity contribution is 9.09. The van der Waals surface area contributed by atoms with E-state index in [4.69, 9.17) is 9.47 Å². The predicted octanol–water partition coefficient (Wildman–Crippen LogP) is 5.25. The molecular formula is C38H54BrN3O7. The number of hydrogen-bond acceptors (Lipinski definition) is 7. The van der Waals surface area contributed by atoms with Gasteiger partial charge in [-0.25, -0.2) is 0 Å². The number of carbonyl (C=O) groups is 4. The van der Waals surface area contributed by atoms with Gasteiger partial charge in [-0.15, -0.1) is 13.2 Å². The van der Waals surface area contributed by atoms with Crippen molar-refractivity contribution < 1.29 is 33.8 Å². The first kappa shape index (κ1) is 38.8. The average Bonchev–Trinajstić information content (AvgIpc) is 3.68. The minimum atomic E-state index is -1.21. The van der Waals surface area contributed by atoms with Crippen LogP contribution in [0.25, 0.3) is 0 Å². The largest absolute Gasteiger partial charge is 0.455 e. The lowest BCUT2D eigenvalue weighted by molar-refractivity contribution is -0.162. The molecule has 9 atom stereocenters. The Balaban J connectivity index is 1.68. The number of amides is 3. The summed E-state index contributed by atoms with van der Waals surface area (Å²) in [4.78, 5) is 59.5. The number of hydrogen-bond donors (Lipinski definition) is 2. The molecule has 11 heteroatoms. The molecule has 2 bridgehead atoms. The summed E-state index contributed by atoms with van der Waals surface area (Å²) in [5.41, 5.74) is -0.498. The second-order valence-electron chi connectivity index (χ2n) is 13.7. The van der Waals surface area contributed by atoms with E-state index >= 15 is 0 Å².